The van der Waals surface area contributed by atoms with Gasteiger partial charge < -0.3 is 10.0 Å². The summed E-state index contributed by atoms with van der Waals surface area (Å²) in [6.45, 7) is 2.81. The molecule has 8 heteroatoms. The normalized spacial score (nSPS) is 15.0. The molecule has 0 atom stereocenters. The smallest absolute Gasteiger partial charge is 0.253 e. The van der Waals surface area contributed by atoms with Crippen molar-refractivity contribution >= 4 is 39.8 Å². The second-order valence-corrected chi connectivity index (χ2v) is 9.43. The number of rotatable bonds is 6. The molecule has 2 heterocycles. The van der Waals surface area contributed by atoms with Gasteiger partial charge >= 0.3 is 0 Å². The molecule has 1 saturated heterocycles. The number of nitrogens with one attached hydrogen (secondary N) is 2. The molecule has 7 nitrogen and oxygen atoms in total. The van der Waals surface area contributed by atoms with Crippen LogP contribution in [-0.2, 0) is 10.5 Å². The number of fused-ring (bicyclic) bond motifs is 1. The third-order valence-electron chi connectivity index (χ3n) is 6.68. The second-order valence-electron chi connectivity index (χ2n) is 9.02. The monoisotopic (exact) mass is 502 g/mol. The summed E-state index contributed by atoms with van der Waals surface area (Å²) in [7, 11) is 0. The Morgan fingerprint density at radius 1 is 1.00 bits per heavy atom. The fourth-order valence-corrected chi connectivity index (χ4v) is 4.92. The van der Waals surface area contributed by atoms with Crippen LogP contribution in [0.5, 0.6) is 0 Å². The number of aromatic nitrogens is 1. The highest BCUT2D eigenvalue weighted by Crippen LogP contribution is 2.37. The van der Waals surface area contributed by atoms with Crippen molar-refractivity contribution in [2.45, 2.75) is 25.4 Å². The molecule has 1 aliphatic heterocycles. The number of benzene rings is 3. The first-order chi connectivity index (χ1) is 17.4. The van der Waals surface area contributed by atoms with Gasteiger partial charge in [-0.05, 0) is 61.7 Å². The molecule has 1 fully saturated rings. The number of aryl methyl sites for hydroxylation is 1. The van der Waals surface area contributed by atoms with E-state index in [2.05, 4.69) is 15.9 Å². The Labute approximate surface area is 214 Å². The molecule has 3 aromatic carbocycles. The zero-order valence-corrected chi connectivity index (χ0v) is 20.6. The van der Waals surface area contributed by atoms with Gasteiger partial charge in [-0.25, -0.2) is 11.0 Å². The number of carbonyl (C=O) groups is 1. The van der Waals surface area contributed by atoms with Crippen molar-refractivity contribution in [2.24, 2.45) is 0 Å². The van der Waals surface area contributed by atoms with E-state index in [9.17, 15) is 9.90 Å². The average molecular weight is 503 g/mol. The number of hydrogen-bond donors (Lipinski definition) is 3. The van der Waals surface area contributed by atoms with Crippen molar-refractivity contribution in [3.8, 4) is 0 Å². The number of likely N-dealkylation sites (tertiary alicyclic amines) is 1. The fraction of sp³-hybridized carbons (Fsp3) is 0.214. The van der Waals surface area contributed by atoms with Crippen molar-refractivity contribution in [1.29, 1.82) is 0 Å². The SMILES string of the molecule is Cc1cc(C(=O)N2CCC(O)(c3ccccc3Cl)CC2)ccc1NONc1cccc2cccnc12. The Morgan fingerprint density at radius 2 is 1.75 bits per heavy atom. The molecule has 0 aliphatic carbocycles. The number of amides is 1. The minimum atomic E-state index is -1.03. The highest BCUT2D eigenvalue weighted by Gasteiger charge is 2.36. The highest BCUT2D eigenvalue weighted by molar-refractivity contribution is 6.31. The van der Waals surface area contributed by atoms with Gasteiger partial charge in [0.05, 0.1) is 22.5 Å². The predicted molar refractivity (Wildman–Crippen MR) is 142 cm³/mol. The number of aliphatic hydroxyl groups is 1. The average Bonchev–Trinajstić information content (AvgIpc) is 2.90. The first-order valence-corrected chi connectivity index (χ1v) is 12.2. The molecule has 0 bridgehead atoms. The lowest BCUT2D eigenvalue weighted by atomic mass is 9.84. The number of piperidine rings is 1. The zero-order chi connectivity index (χ0) is 25.1. The van der Waals surface area contributed by atoms with Crippen molar-refractivity contribution in [3.63, 3.8) is 0 Å². The predicted octanol–water partition coefficient (Wildman–Crippen LogP) is 5.69. The van der Waals surface area contributed by atoms with E-state index in [1.165, 1.54) is 0 Å². The van der Waals surface area contributed by atoms with Gasteiger partial charge in [0.15, 0.2) is 0 Å². The van der Waals surface area contributed by atoms with Crippen molar-refractivity contribution < 1.29 is 14.8 Å². The Balaban J connectivity index is 1.20. The molecule has 0 unspecified atom stereocenters. The lowest BCUT2D eigenvalue weighted by Crippen LogP contribution is -2.45. The van der Waals surface area contributed by atoms with E-state index in [1.807, 2.05) is 67.6 Å². The van der Waals surface area contributed by atoms with Crippen LogP contribution in [0.15, 0.2) is 79.0 Å². The van der Waals surface area contributed by atoms with E-state index in [4.69, 9.17) is 16.5 Å². The summed E-state index contributed by atoms with van der Waals surface area (Å²) in [5.74, 6) is -0.0632. The summed E-state index contributed by atoms with van der Waals surface area (Å²) in [5, 5.41) is 12.7. The lowest BCUT2D eigenvalue weighted by molar-refractivity contribution is -0.0210. The van der Waals surface area contributed by atoms with Gasteiger partial charge in [-0.3, -0.25) is 9.78 Å². The van der Waals surface area contributed by atoms with Crippen molar-refractivity contribution in [1.82, 2.24) is 9.88 Å². The van der Waals surface area contributed by atoms with E-state index in [0.717, 1.165) is 33.4 Å². The summed E-state index contributed by atoms with van der Waals surface area (Å²) < 4.78 is 0. The standard InChI is InChI=1S/C28H27ClN4O3/c1-19-18-21(27(34)33-16-13-28(35,14-17-33)22-8-2-3-9-23(22)29)11-12-24(19)31-36-32-25-10-4-6-20-7-5-15-30-26(20)25/h2-12,15,18,31-32,35H,13-14,16-17H2,1H3. The van der Waals surface area contributed by atoms with Gasteiger partial charge in [-0.2, -0.15) is 4.94 Å². The second kappa shape index (κ2) is 10.1. The van der Waals surface area contributed by atoms with Gasteiger partial charge in [-0.15, -0.1) is 0 Å². The maximum absolute atomic E-state index is 13.1. The largest absolute Gasteiger partial charge is 0.385 e. The Kier molecular flexibility index (Phi) is 6.78. The van der Waals surface area contributed by atoms with E-state index < -0.39 is 5.60 Å². The molecule has 36 heavy (non-hydrogen) atoms. The van der Waals surface area contributed by atoms with E-state index in [-0.39, 0.29) is 5.91 Å². The number of hydrogen-bond acceptors (Lipinski definition) is 6. The summed E-state index contributed by atoms with van der Waals surface area (Å²) >= 11 is 6.31. The van der Waals surface area contributed by atoms with Crippen LogP contribution in [-0.4, -0.2) is 34.0 Å². The van der Waals surface area contributed by atoms with Crippen LogP contribution in [0.2, 0.25) is 5.02 Å². The van der Waals surface area contributed by atoms with Gasteiger partial charge in [-0.1, -0.05) is 48.0 Å². The maximum Gasteiger partial charge on any atom is 0.253 e. The van der Waals surface area contributed by atoms with Crippen LogP contribution >= 0.6 is 11.6 Å². The van der Waals surface area contributed by atoms with Crippen LogP contribution in [0.4, 0.5) is 11.4 Å². The van der Waals surface area contributed by atoms with E-state index in [0.29, 0.717) is 36.5 Å². The quantitative estimate of drug-likeness (QED) is 0.294. The number of carbonyl (C=O) groups excluding carboxylic acids is 1. The molecule has 1 aliphatic rings. The minimum absolute atomic E-state index is 0.0632. The van der Waals surface area contributed by atoms with Crippen LogP contribution in [0.1, 0.15) is 34.3 Å². The van der Waals surface area contributed by atoms with Crippen LogP contribution < -0.4 is 11.0 Å². The summed E-state index contributed by atoms with van der Waals surface area (Å²) in [6, 6.07) is 22.4. The van der Waals surface area contributed by atoms with Gasteiger partial charge in [0.1, 0.15) is 0 Å². The molecule has 0 radical (unpaired) electrons. The fourth-order valence-electron chi connectivity index (χ4n) is 4.60. The number of pyridine rings is 1. The van der Waals surface area contributed by atoms with Gasteiger partial charge in [0, 0.05) is 40.8 Å². The minimum Gasteiger partial charge on any atom is -0.385 e. The van der Waals surface area contributed by atoms with Crippen LogP contribution in [0.3, 0.4) is 0 Å². The third-order valence-corrected chi connectivity index (χ3v) is 7.01. The Bertz CT molecular complexity index is 1400. The lowest BCUT2D eigenvalue weighted by Gasteiger charge is -2.39. The van der Waals surface area contributed by atoms with E-state index >= 15 is 0 Å². The Morgan fingerprint density at radius 3 is 2.53 bits per heavy atom. The van der Waals surface area contributed by atoms with Crippen LogP contribution in [0, 0.1) is 6.92 Å². The molecule has 1 amide bonds. The number of nitrogens with zero attached hydrogens (tertiary/aromatic N) is 2. The maximum atomic E-state index is 13.1. The molecule has 0 saturated carbocycles. The van der Waals surface area contributed by atoms with Crippen molar-refractivity contribution in [2.75, 3.05) is 24.0 Å². The number of halogens is 1. The highest BCUT2D eigenvalue weighted by atomic mass is 35.5. The topological polar surface area (TPSA) is 86.7 Å². The zero-order valence-electron chi connectivity index (χ0n) is 19.9. The summed E-state index contributed by atoms with van der Waals surface area (Å²) in [4.78, 5) is 24.8. The molecule has 5 rings (SSSR count). The molecule has 4 aromatic rings. The van der Waals surface area contributed by atoms with E-state index in [1.54, 1.807) is 23.2 Å². The van der Waals surface area contributed by atoms with Crippen molar-refractivity contribution in [3.05, 3.63) is 101 Å². The number of anilines is 2. The molecule has 184 valence electrons. The van der Waals surface area contributed by atoms with Gasteiger partial charge in [0.25, 0.3) is 5.91 Å². The summed E-state index contributed by atoms with van der Waals surface area (Å²) in [5.41, 5.74) is 9.23. The number of para-hydroxylation sites is 1. The first-order valence-electron chi connectivity index (χ1n) is 11.8. The van der Waals surface area contributed by atoms with Crippen LogP contribution in [0.25, 0.3) is 10.9 Å². The molecular formula is C28H27ClN4O3. The Hall–Kier alpha value is -3.65. The molecule has 3 N–H and O–H groups in total. The molecular weight excluding hydrogens is 476 g/mol. The first kappa shape index (κ1) is 24.1. The molecule has 1 aromatic heterocycles. The molecule has 0 spiro atoms. The summed E-state index contributed by atoms with van der Waals surface area (Å²) in [6.07, 6.45) is 2.60. The van der Waals surface area contributed by atoms with Gasteiger partial charge in [0.2, 0.25) is 0 Å². The third kappa shape index (κ3) is 4.86.